The van der Waals surface area contributed by atoms with Crippen molar-refractivity contribution in [3.63, 3.8) is 0 Å². The van der Waals surface area contributed by atoms with Crippen molar-refractivity contribution in [1.29, 1.82) is 0 Å². The average Bonchev–Trinajstić information content (AvgIpc) is 2.36. The molecule has 3 heteroatoms. The van der Waals surface area contributed by atoms with Gasteiger partial charge in [0, 0.05) is 29.3 Å². The third kappa shape index (κ3) is 2.45. The van der Waals surface area contributed by atoms with Crippen LogP contribution in [0, 0.1) is 13.8 Å². The van der Waals surface area contributed by atoms with Gasteiger partial charge in [0.25, 0.3) is 0 Å². The zero-order valence-corrected chi connectivity index (χ0v) is 11.1. The Labute approximate surface area is 107 Å². The summed E-state index contributed by atoms with van der Waals surface area (Å²) in [6.07, 6.45) is 0. The van der Waals surface area contributed by atoms with E-state index in [9.17, 15) is 0 Å². The molecule has 3 nitrogen and oxygen atoms in total. The lowest BCUT2D eigenvalue weighted by Crippen LogP contribution is -1.91. The summed E-state index contributed by atoms with van der Waals surface area (Å²) in [4.78, 5) is 0. The van der Waals surface area contributed by atoms with Crippen molar-refractivity contribution >= 4 is 0 Å². The summed E-state index contributed by atoms with van der Waals surface area (Å²) in [5.41, 5.74) is 2.11. The fraction of sp³-hybridized carbons (Fsp3) is 0.267. The fourth-order valence-corrected chi connectivity index (χ4v) is 1.99. The molecule has 0 bridgehead atoms. The van der Waals surface area contributed by atoms with Crippen LogP contribution in [0.1, 0.15) is 11.5 Å². The number of rotatable bonds is 3. The second-order valence-electron chi connectivity index (χ2n) is 4.13. The highest BCUT2D eigenvalue weighted by atomic mass is 16.5. The Balaban J connectivity index is 2.55. The molecular weight excluding hydrogens is 228 g/mol. The molecule has 0 saturated carbocycles. The van der Waals surface area contributed by atoms with Crippen molar-refractivity contribution in [3.8, 4) is 22.6 Å². The topological polar surface area (TPSA) is 29.8 Å². The number of benzene rings is 1. The van der Waals surface area contributed by atoms with Gasteiger partial charge in [0.05, 0.1) is 28.1 Å². The maximum absolute atomic E-state index is 5.49. The first kappa shape index (κ1) is 12.4. The van der Waals surface area contributed by atoms with Crippen molar-refractivity contribution in [2.45, 2.75) is 13.8 Å². The third-order valence-electron chi connectivity index (χ3n) is 2.76. The molecule has 2 aromatic rings. The van der Waals surface area contributed by atoms with E-state index in [-0.39, 0.29) is 0 Å². The van der Waals surface area contributed by atoms with Crippen LogP contribution in [0.15, 0.2) is 34.7 Å². The molecule has 18 heavy (non-hydrogen) atoms. The summed E-state index contributed by atoms with van der Waals surface area (Å²) in [6, 6.07) is 9.79. The van der Waals surface area contributed by atoms with E-state index in [4.69, 9.17) is 13.9 Å². The molecule has 0 atom stereocenters. The predicted octanol–water partition coefficient (Wildman–Crippen LogP) is 3.86. The van der Waals surface area contributed by atoms with E-state index in [2.05, 4.69) is 0 Å². The minimum atomic E-state index is 0.782. The van der Waals surface area contributed by atoms with Crippen LogP contribution in [-0.4, -0.2) is 14.2 Å². The summed E-state index contributed by atoms with van der Waals surface area (Å²) in [7, 11) is 3.30. The molecule has 0 aliphatic heterocycles. The normalized spacial score (nSPS) is 10.2. The zero-order valence-electron chi connectivity index (χ0n) is 11.1. The Morgan fingerprint density at radius 2 is 1.56 bits per heavy atom. The predicted molar refractivity (Wildman–Crippen MR) is 71.1 cm³/mol. The molecule has 0 amide bonds. The molecule has 0 spiro atoms. The van der Waals surface area contributed by atoms with E-state index in [0.29, 0.717) is 0 Å². The molecule has 0 radical (unpaired) electrons. The summed E-state index contributed by atoms with van der Waals surface area (Å²) < 4.78 is 16.1. The smallest absolute Gasteiger partial charge is 0.327 e. The minimum absolute atomic E-state index is 0.782. The number of hydrogen-bond acceptors (Lipinski definition) is 2. The lowest BCUT2D eigenvalue weighted by Gasteiger charge is -2.09. The van der Waals surface area contributed by atoms with E-state index in [1.165, 1.54) is 0 Å². The SMILES string of the molecule is COc1ccc(-c2cc(C)[o+]c(C)c2)c(OC)c1. The van der Waals surface area contributed by atoms with Crippen molar-refractivity contribution < 1.29 is 13.9 Å². The van der Waals surface area contributed by atoms with Crippen LogP contribution in [0.25, 0.3) is 11.1 Å². The lowest BCUT2D eigenvalue weighted by atomic mass is 10.0. The first-order chi connectivity index (χ1) is 8.63. The van der Waals surface area contributed by atoms with Crippen molar-refractivity contribution in [1.82, 2.24) is 0 Å². The fourth-order valence-electron chi connectivity index (χ4n) is 1.99. The highest BCUT2D eigenvalue weighted by molar-refractivity contribution is 5.71. The molecular formula is C15H17O3+. The second-order valence-corrected chi connectivity index (χ2v) is 4.13. The van der Waals surface area contributed by atoms with Crippen LogP contribution in [0.4, 0.5) is 0 Å². The van der Waals surface area contributed by atoms with Crippen LogP contribution < -0.4 is 9.47 Å². The molecule has 0 aliphatic rings. The van der Waals surface area contributed by atoms with Gasteiger partial charge in [0.2, 0.25) is 0 Å². The summed E-state index contributed by atoms with van der Waals surface area (Å²) in [5, 5.41) is 0. The summed E-state index contributed by atoms with van der Waals surface area (Å²) >= 11 is 0. The third-order valence-corrected chi connectivity index (χ3v) is 2.76. The highest BCUT2D eigenvalue weighted by Gasteiger charge is 2.13. The van der Waals surface area contributed by atoms with Crippen LogP contribution in [0.3, 0.4) is 0 Å². The van der Waals surface area contributed by atoms with Gasteiger partial charge in [-0.2, -0.15) is 0 Å². The van der Waals surface area contributed by atoms with E-state index < -0.39 is 0 Å². The quantitative estimate of drug-likeness (QED) is 0.769. The van der Waals surface area contributed by atoms with Crippen LogP contribution in [0.5, 0.6) is 11.5 Å². The van der Waals surface area contributed by atoms with Gasteiger partial charge >= 0.3 is 11.5 Å². The number of aryl methyl sites for hydroxylation is 2. The molecule has 0 unspecified atom stereocenters. The lowest BCUT2D eigenvalue weighted by molar-refractivity contribution is 0.395. The summed E-state index contributed by atoms with van der Waals surface area (Å²) in [6.45, 7) is 3.87. The average molecular weight is 245 g/mol. The first-order valence-corrected chi connectivity index (χ1v) is 5.78. The van der Waals surface area contributed by atoms with E-state index in [1.807, 2.05) is 44.2 Å². The Bertz CT molecular complexity index is 541. The van der Waals surface area contributed by atoms with Crippen LogP contribution in [-0.2, 0) is 0 Å². The molecule has 1 aromatic heterocycles. The Morgan fingerprint density at radius 3 is 2.11 bits per heavy atom. The highest BCUT2D eigenvalue weighted by Crippen LogP contribution is 2.34. The molecule has 1 heterocycles. The van der Waals surface area contributed by atoms with Crippen LogP contribution >= 0.6 is 0 Å². The Morgan fingerprint density at radius 1 is 0.889 bits per heavy atom. The van der Waals surface area contributed by atoms with Crippen molar-refractivity contribution in [2.24, 2.45) is 0 Å². The Hall–Kier alpha value is -2.03. The van der Waals surface area contributed by atoms with Crippen LogP contribution in [0.2, 0.25) is 0 Å². The van der Waals surface area contributed by atoms with Crippen molar-refractivity contribution in [3.05, 3.63) is 41.9 Å². The molecule has 0 fully saturated rings. The largest absolute Gasteiger partial charge is 0.497 e. The second kappa shape index (κ2) is 5.08. The number of hydrogen-bond donors (Lipinski definition) is 0. The van der Waals surface area contributed by atoms with Gasteiger partial charge in [-0.25, -0.2) is 4.42 Å². The van der Waals surface area contributed by atoms with Gasteiger partial charge in [-0.15, -0.1) is 0 Å². The molecule has 0 aliphatic carbocycles. The van der Waals surface area contributed by atoms with E-state index >= 15 is 0 Å². The van der Waals surface area contributed by atoms with Gasteiger partial charge in [0.15, 0.2) is 0 Å². The van der Waals surface area contributed by atoms with Crippen molar-refractivity contribution in [2.75, 3.05) is 14.2 Å². The van der Waals surface area contributed by atoms with Gasteiger partial charge < -0.3 is 9.47 Å². The standard InChI is InChI=1S/C15H17O3/c1-10-7-12(8-11(2)18-10)14-6-5-13(16-3)9-15(14)17-4/h5-9H,1-4H3/q+1. The van der Waals surface area contributed by atoms with Gasteiger partial charge in [-0.05, 0) is 12.1 Å². The zero-order chi connectivity index (χ0) is 13.1. The maximum Gasteiger partial charge on any atom is 0.327 e. The Kier molecular flexibility index (Phi) is 3.51. The molecule has 1 aromatic carbocycles. The molecule has 0 saturated heterocycles. The maximum atomic E-state index is 5.49. The van der Waals surface area contributed by atoms with E-state index in [0.717, 1.165) is 34.1 Å². The van der Waals surface area contributed by atoms with Gasteiger partial charge in [-0.1, -0.05) is 0 Å². The van der Waals surface area contributed by atoms with Gasteiger partial charge in [0.1, 0.15) is 11.5 Å². The number of ether oxygens (including phenoxy) is 2. The minimum Gasteiger partial charge on any atom is -0.497 e. The monoisotopic (exact) mass is 245 g/mol. The molecule has 94 valence electrons. The number of methoxy groups -OCH3 is 2. The van der Waals surface area contributed by atoms with Gasteiger partial charge in [-0.3, -0.25) is 0 Å². The van der Waals surface area contributed by atoms with E-state index in [1.54, 1.807) is 14.2 Å². The molecule has 0 N–H and O–H groups in total. The first-order valence-electron chi connectivity index (χ1n) is 5.78. The summed E-state index contributed by atoms with van der Waals surface area (Å²) in [5.74, 6) is 3.33. The molecule has 2 rings (SSSR count).